The monoisotopic (exact) mass is 346 g/mol. The first-order valence-electron chi connectivity index (χ1n) is 7.75. The second-order valence-corrected chi connectivity index (χ2v) is 5.70. The Hall–Kier alpha value is -1.80. The Morgan fingerprint density at radius 1 is 1.33 bits per heavy atom. The molecule has 1 aromatic carbocycles. The number of nitrogens with two attached hydrogens (primary N) is 1. The second kappa shape index (κ2) is 8.34. The highest BCUT2D eigenvalue weighted by atomic mass is 19.4. The molecule has 1 aliphatic heterocycles. The Bertz CT molecular complexity index is 546. The Balaban J connectivity index is 1.90. The normalized spacial score (nSPS) is 17.3. The van der Waals surface area contributed by atoms with Gasteiger partial charge in [0.25, 0.3) is 0 Å². The largest absolute Gasteiger partial charge is 0.484 e. The van der Waals surface area contributed by atoms with Crippen LogP contribution in [-0.4, -0.2) is 37.9 Å². The second-order valence-electron chi connectivity index (χ2n) is 5.70. The number of rotatable bonds is 6. The third-order valence-corrected chi connectivity index (χ3v) is 3.89. The molecular formula is C16H21F3N2O3. The van der Waals surface area contributed by atoms with E-state index in [1.807, 2.05) is 0 Å². The summed E-state index contributed by atoms with van der Waals surface area (Å²) in [5.74, 6) is -0.183. The summed E-state index contributed by atoms with van der Waals surface area (Å²) in [7, 11) is 0. The summed E-state index contributed by atoms with van der Waals surface area (Å²) in [4.78, 5) is 12.1. The number of nitrogens with one attached hydrogen (secondary N) is 1. The molecule has 1 saturated heterocycles. The number of hydrogen-bond acceptors (Lipinski definition) is 4. The molecule has 0 aromatic heterocycles. The molecule has 0 aliphatic carbocycles. The molecule has 0 saturated carbocycles. The van der Waals surface area contributed by atoms with Crippen LogP contribution in [0.3, 0.4) is 0 Å². The zero-order chi connectivity index (χ0) is 17.6. The molecular weight excluding hydrogens is 325 g/mol. The highest BCUT2D eigenvalue weighted by Crippen LogP contribution is 2.22. The van der Waals surface area contributed by atoms with E-state index in [1.54, 1.807) is 18.2 Å². The third-order valence-electron chi connectivity index (χ3n) is 3.89. The molecule has 1 amide bonds. The van der Waals surface area contributed by atoms with Crippen LogP contribution in [-0.2, 0) is 16.1 Å². The SMILES string of the molecule is NC(C(=O)NCc1ccccc1OCC(F)(F)F)C1CCOCC1. The minimum atomic E-state index is -4.41. The lowest BCUT2D eigenvalue weighted by Crippen LogP contribution is -2.46. The molecule has 1 atom stereocenters. The maximum absolute atomic E-state index is 12.3. The van der Waals surface area contributed by atoms with Crippen LogP contribution < -0.4 is 15.8 Å². The number of halogens is 3. The number of benzene rings is 1. The molecule has 0 spiro atoms. The summed E-state index contributed by atoms with van der Waals surface area (Å²) in [6.07, 6.45) is -2.97. The van der Waals surface area contributed by atoms with Crippen molar-refractivity contribution in [2.45, 2.75) is 31.6 Å². The van der Waals surface area contributed by atoms with Crippen molar-refractivity contribution in [1.29, 1.82) is 0 Å². The van der Waals surface area contributed by atoms with Crippen LogP contribution in [0.4, 0.5) is 13.2 Å². The number of carbonyl (C=O) groups is 1. The van der Waals surface area contributed by atoms with Crippen LogP contribution in [0.25, 0.3) is 0 Å². The lowest BCUT2D eigenvalue weighted by molar-refractivity contribution is -0.153. The fourth-order valence-electron chi connectivity index (χ4n) is 2.54. The van der Waals surface area contributed by atoms with Crippen molar-refractivity contribution >= 4 is 5.91 Å². The Labute approximate surface area is 138 Å². The number of carbonyl (C=O) groups excluding carboxylic acids is 1. The number of para-hydroxylation sites is 1. The van der Waals surface area contributed by atoms with Crippen LogP contribution >= 0.6 is 0 Å². The summed E-state index contributed by atoms with van der Waals surface area (Å²) in [6, 6.07) is 5.63. The molecule has 1 heterocycles. The summed E-state index contributed by atoms with van der Waals surface area (Å²) in [6.45, 7) is -0.150. The first kappa shape index (κ1) is 18.5. The number of ether oxygens (including phenoxy) is 2. The molecule has 1 unspecified atom stereocenters. The quantitative estimate of drug-likeness (QED) is 0.826. The maximum Gasteiger partial charge on any atom is 0.422 e. The van der Waals surface area contributed by atoms with Gasteiger partial charge < -0.3 is 20.5 Å². The van der Waals surface area contributed by atoms with Gasteiger partial charge in [-0.15, -0.1) is 0 Å². The number of alkyl halides is 3. The lowest BCUT2D eigenvalue weighted by atomic mass is 9.92. The first-order chi connectivity index (χ1) is 11.4. The van der Waals surface area contributed by atoms with Crippen LogP contribution in [0.1, 0.15) is 18.4 Å². The van der Waals surface area contributed by atoms with Crippen molar-refractivity contribution in [2.24, 2.45) is 11.7 Å². The third kappa shape index (κ3) is 5.68. The van der Waals surface area contributed by atoms with Gasteiger partial charge in [0.2, 0.25) is 5.91 Å². The highest BCUT2D eigenvalue weighted by Gasteiger charge is 2.29. The van der Waals surface area contributed by atoms with Gasteiger partial charge in [0.1, 0.15) is 5.75 Å². The van der Waals surface area contributed by atoms with Gasteiger partial charge in [-0.25, -0.2) is 0 Å². The molecule has 8 heteroatoms. The van der Waals surface area contributed by atoms with E-state index in [1.165, 1.54) is 6.07 Å². The van der Waals surface area contributed by atoms with Gasteiger partial charge in [-0.3, -0.25) is 4.79 Å². The predicted octanol–water partition coefficient (Wildman–Crippen LogP) is 2.00. The zero-order valence-electron chi connectivity index (χ0n) is 13.1. The maximum atomic E-state index is 12.3. The summed E-state index contributed by atoms with van der Waals surface area (Å²) >= 11 is 0. The van der Waals surface area contributed by atoms with Crippen molar-refractivity contribution in [2.75, 3.05) is 19.8 Å². The Morgan fingerprint density at radius 3 is 2.67 bits per heavy atom. The van der Waals surface area contributed by atoms with Crippen LogP contribution in [0.5, 0.6) is 5.75 Å². The molecule has 2 rings (SSSR count). The summed E-state index contributed by atoms with van der Waals surface area (Å²) < 4.78 is 46.9. The molecule has 1 aliphatic rings. The Morgan fingerprint density at radius 2 is 2.00 bits per heavy atom. The van der Waals surface area contributed by atoms with E-state index < -0.39 is 18.8 Å². The molecule has 3 N–H and O–H groups in total. The van der Waals surface area contributed by atoms with E-state index in [0.29, 0.717) is 18.8 Å². The van der Waals surface area contributed by atoms with E-state index in [9.17, 15) is 18.0 Å². The van der Waals surface area contributed by atoms with Gasteiger partial charge in [-0.05, 0) is 24.8 Å². The summed E-state index contributed by atoms with van der Waals surface area (Å²) in [5, 5.41) is 2.67. The van der Waals surface area contributed by atoms with Gasteiger partial charge >= 0.3 is 6.18 Å². The minimum absolute atomic E-state index is 0.0514. The van der Waals surface area contributed by atoms with Crippen molar-refractivity contribution in [3.05, 3.63) is 29.8 Å². The van der Waals surface area contributed by atoms with Gasteiger partial charge in [0.05, 0.1) is 6.04 Å². The van der Waals surface area contributed by atoms with E-state index in [-0.39, 0.29) is 24.1 Å². The number of hydrogen-bond donors (Lipinski definition) is 2. The van der Waals surface area contributed by atoms with Gasteiger partial charge in [-0.2, -0.15) is 13.2 Å². The molecule has 0 bridgehead atoms. The molecule has 0 radical (unpaired) electrons. The van der Waals surface area contributed by atoms with Crippen molar-refractivity contribution in [1.82, 2.24) is 5.32 Å². The van der Waals surface area contributed by atoms with Gasteiger partial charge in [-0.1, -0.05) is 18.2 Å². The van der Waals surface area contributed by atoms with Crippen molar-refractivity contribution in [3.8, 4) is 5.75 Å². The smallest absolute Gasteiger partial charge is 0.422 e. The molecule has 24 heavy (non-hydrogen) atoms. The molecule has 1 aromatic rings. The van der Waals surface area contributed by atoms with Crippen LogP contribution in [0.2, 0.25) is 0 Å². The summed E-state index contributed by atoms with van der Waals surface area (Å²) in [5.41, 5.74) is 6.43. The Kier molecular flexibility index (Phi) is 6.44. The van der Waals surface area contributed by atoms with Gasteiger partial charge in [0, 0.05) is 25.3 Å². The van der Waals surface area contributed by atoms with Crippen LogP contribution in [0, 0.1) is 5.92 Å². The molecule has 1 fully saturated rings. The standard InChI is InChI=1S/C16H21F3N2O3/c17-16(18,19)10-24-13-4-2-1-3-12(13)9-21-15(22)14(20)11-5-7-23-8-6-11/h1-4,11,14H,5-10,20H2,(H,21,22). The topological polar surface area (TPSA) is 73.6 Å². The minimum Gasteiger partial charge on any atom is -0.484 e. The number of amides is 1. The van der Waals surface area contributed by atoms with Crippen molar-refractivity contribution in [3.63, 3.8) is 0 Å². The van der Waals surface area contributed by atoms with E-state index in [0.717, 1.165) is 12.8 Å². The van der Waals surface area contributed by atoms with Crippen LogP contribution in [0.15, 0.2) is 24.3 Å². The molecule has 5 nitrogen and oxygen atoms in total. The average molecular weight is 346 g/mol. The van der Waals surface area contributed by atoms with Gasteiger partial charge in [0.15, 0.2) is 6.61 Å². The van der Waals surface area contributed by atoms with Crippen molar-refractivity contribution < 1.29 is 27.4 Å². The highest BCUT2D eigenvalue weighted by molar-refractivity contribution is 5.81. The predicted molar refractivity (Wildman–Crippen MR) is 81.4 cm³/mol. The fraction of sp³-hybridized carbons (Fsp3) is 0.562. The first-order valence-corrected chi connectivity index (χ1v) is 7.75. The molecule has 134 valence electrons. The van der Waals surface area contributed by atoms with E-state index in [4.69, 9.17) is 15.2 Å². The lowest BCUT2D eigenvalue weighted by Gasteiger charge is -2.26. The average Bonchev–Trinajstić information content (AvgIpc) is 2.58. The fourth-order valence-corrected chi connectivity index (χ4v) is 2.54. The zero-order valence-corrected chi connectivity index (χ0v) is 13.1. The van der Waals surface area contributed by atoms with E-state index in [2.05, 4.69) is 5.32 Å². The van der Waals surface area contributed by atoms with E-state index >= 15 is 0 Å².